The first kappa shape index (κ1) is 42.2. The number of benzene rings is 9. The molecule has 9 aromatic carbocycles. The summed E-state index contributed by atoms with van der Waals surface area (Å²) < 4.78 is 5.05. The minimum atomic E-state index is -0.0613. The highest BCUT2D eigenvalue weighted by molar-refractivity contribution is 7.00. The van der Waals surface area contributed by atoms with E-state index < -0.39 is 0 Å². The van der Waals surface area contributed by atoms with E-state index >= 15 is 0 Å². The summed E-state index contributed by atoms with van der Waals surface area (Å²) in [4.78, 5) is 5.19. The fourth-order valence-corrected chi connectivity index (χ4v) is 12.5. The minimum Gasteiger partial charge on any atom is -0.311 e. The highest BCUT2D eigenvalue weighted by Crippen LogP contribution is 2.49. The van der Waals surface area contributed by atoms with Crippen molar-refractivity contribution in [2.24, 2.45) is 0 Å². The van der Waals surface area contributed by atoms with Crippen molar-refractivity contribution >= 4 is 117 Å². The van der Waals surface area contributed by atoms with Gasteiger partial charge < -0.3 is 18.8 Å². The summed E-state index contributed by atoms with van der Waals surface area (Å²) in [6.45, 7) is 20.8. The number of anilines is 6. The van der Waals surface area contributed by atoms with Crippen LogP contribution < -0.4 is 26.2 Å². The molecule has 344 valence electrons. The van der Waals surface area contributed by atoms with Crippen LogP contribution in [0.1, 0.15) is 79.0 Å². The fraction of sp³-hybridized carbons (Fsp3) is 0.182. The van der Waals surface area contributed by atoms with Crippen molar-refractivity contribution in [1.29, 1.82) is 0 Å². The zero-order valence-electron chi connectivity index (χ0n) is 42.2. The molecule has 0 bridgehead atoms. The zero-order chi connectivity index (χ0) is 48.5. The minimum absolute atomic E-state index is 0.00398. The SMILES string of the molecule is CC(C)(C)c1ccc(N2c3ccc(C(C)(C)C)cc3B3c4cc5c6cccc7c8ccccc8n(c5cc4N(c4ccc(C(C)(C)C)cc4)c4cc(-n5c8ccccc8c8ccccc85)cc2c43)c76)cc1. The van der Waals surface area contributed by atoms with Crippen molar-refractivity contribution < 1.29 is 0 Å². The van der Waals surface area contributed by atoms with E-state index in [0.717, 1.165) is 17.1 Å². The van der Waals surface area contributed by atoms with Crippen molar-refractivity contribution in [3.8, 4) is 5.69 Å². The second-order valence-corrected chi connectivity index (χ2v) is 23.5. The average molecular weight is 917 g/mol. The molecule has 5 heterocycles. The van der Waals surface area contributed by atoms with Gasteiger partial charge in [-0.2, -0.15) is 0 Å². The van der Waals surface area contributed by atoms with E-state index in [2.05, 4.69) is 263 Å². The van der Waals surface area contributed by atoms with Crippen molar-refractivity contribution in [2.75, 3.05) is 9.80 Å². The predicted octanol–water partition coefficient (Wildman–Crippen LogP) is 15.9. The van der Waals surface area contributed by atoms with E-state index in [4.69, 9.17) is 0 Å². The van der Waals surface area contributed by atoms with Crippen LogP contribution in [0.3, 0.4) is 0 Å². The number of rotatable bonds is 3. The van der Waals surface area contributed by atoms with E-state index in [0.29, 0.717) is 0 Å². The number of fused-ring (bicyclic) bond motifs is 13. The molecule has 0 radical (unpaired) electrons. The monoisotopic (exact) mass is 916 g/mol. The van der Waals surface area contributed by atoms with Crippen molar-refractivity contribution in [3.05, 3.63) is 199 Å². The van der Waals surface area contributed by atoms with Crippen LogP contribution in [-0.4, -0.2) is 15.7 Å². The zero-order valence-corrected chi connectivity index (χ0v) is 42.2. The molecule has 2 aliphatic heterocycles. The summed E-state index contributed by atoms with van der Waals surface area (Å²) in [6, 6.07) is 70.0. The van der Waals surface area contributed by atoms with Crippen LogP contribution in [-0.2, 0) is 16.2 Å². The lowest BCUT2D eigenvalue weighted by Crippen LogP contribution is -2.61. The van der Waals surface area contributed by atoms with Crippen LogP contribution in [0.15, 0.2) is 182 Å². The Morgan fingerprint density at radius 3 is 1.32 bits per heavy atom. The predicted molar refractivity (Wildman–Crippen MR) is 306 cm³/mol. The van der Waals surface area contributed by atoms with Gasteiger partial charge in [-0.05, 0) is 116 Å². The molecule has 14 rings (SSSR count). The maximum Gasteiger partial charge on any atom is 0.252 e. The van der Waals surface area contributed by atoms with Crippen LogP contribution in [0.4, 0.5) is 34.1 Å². The van der Waals surface area contributed by atoms with Gasteiger partial charge in [0.2, 0.25) is 0 Å². The molecule has 0 amide bonds. The van der Waals surface area contributed by atoms with Gasteiger partial charge in [0.1, 0.15) is 0 Å². The Hall–Kier alpha value is -7.76. The van der Waals surface area contributed by atoms with Crippen molar-refractivity contribution in [2.45, 2.75) is 78.6 Å². The van der Waals surface area contributed by atoms with Gasteiger partial charge in [-0.3, -0.25) is 0 Å². The standard InChI is InChI=1S/C66H57BN4/c1-64(2,3)40-25-30-43(31-26-40)68-57-34-29-42(66(7,8)9)35-52(57)67-53-38-51-50-21-16-20-49-48-19-12-15-24-56(48)71(63(49)50)58(51)39-59(53)69(44-32-27-41(28-33-44)65(4,5)6)61-37-45(36-60(68)62(61)67)70-54-22-13-10-17-46(54)47-18-11-14-23-55(47)70/h10-39H,1-9H3. The van der Waals surface area contributed by atoms with Gasteiger partial charge in [-0.15, -0.1) is 0 Å². The van der Waals surface area contributed by atoms with Crippen LogP contribution >= 0.6 is 0 Å². The molecule has 0 spiro atoms. The maximum atomic E-state index is 2.61. The Labute approximate surface area is 416 Å². The molecule has 4 nitrogen and oxygen atoms in total. The molecule has 0 N–H and O–H groups in total. The number of nitrogens with zero attached hydrogens (tertiary/aromatic N) is 4. The van der Waals surface area contributed by atoms with E-state index in [-0.39, 0.29) is 23.0 Å². The quantitative estimate of drug-likeness (QED) is 0.164. The Bertz CT molecular complexity index is 4120. The van der Waals surface area contributed by atoms with Crippen molar-refractivity contribution in [3.63, 3.8) is 0 Å². The first-order chi connectivity index (χ1) is 34.1. The summed E-state index contributed by atoms with van der Waals surface area (Å²) in [5.41, 5.74) is 22.3. The summed E-state index contributed by atoms with van der Waals surface area (Å²) >= 11 is 0. The molecule has 0 fully saturated rings. The van der Waals surface area contributed by atoms with Gasteiger partial charge in [-0.25, -0.2) is 0 Å². The van der Waals surface area contributed by atoms with Gasteiger partial charge in [0.05, 0.1) is 33.3 Å². The first-order valence-corrected chi connectivity index (χ1v) is 25.5. The van der Waals surface area contributed by atoms with Crippen LogP contribution in [0, 0.1) is 0 Å². The van der Waals surface area contributed by atoms with E-state index in [9.17, 15) is 0 Å². The molecule has 0 saturated heterocycles. The summed E-state index contributed by atoms with van der Waals surface area (Å²) in [7, 11) is 0. The number of hydrogen-bond acceptors (Lipinski definition) is 2. The van der Waals surface area contributed by atoms with Crippen LogP contribution in [0.5, 0.6) is 0 Å². The van der Waals surface area contributed by atoms with Gasteiger partial charge in [0.15, 0.2) is 0 Å². The molecule has 12 aromatic rings. The smallest absolute Gasteiger partial charge is 0.252 e. The molecule has 0 aliphatic carbocycles. The van der Waals surface area contributed by atoms with Crippen molar-refractivity contribution in [1.82, 2.24) is 8.97 Å². The number of hydrogen-bond donors (Lipinski definition) is 0. The van der Waals surface area contributed by atoms with Gasteiger partial charge in [0, 0.05) is 66.4 Å². The topological polar surface area (TPSA) is 15.8 Å². The third kappa shape index (κ3) is 5.99. The lowest BCUT2D eigenvalue weighted by molar-refractivity contribution is 0.590. The van der Waals surface area contributed by atoms with E-state index in [1.807, 2.05) is 0 Å². The Morgan fingerprint density at radius 1 is 0.324 bits per heavy atom. The van der Waals surface area contributed by atoms with Crippen LogP contribution in [0.25, 0.3) is 65.6 Å². The molecule has 0 saturated carbocycles. The maximum absolute atomic E-state index is 2.61. The second kappa shape index (κ2) is 14.4. The average Bonchev–Trinajstić information content (AvgIpc) is 4.00. The summed E-state index contributed by atoms with van der Waals surface area (Å²) in [5, 5.41) is 7.68. The third-order valence-electron chi connectivity index (χ3n) is 16.1. The number of aromatic nitrogens is 2. The fourth-order valence-electron chi connectivity index (χ4n) is 12.5. The molecular formula is C66H57BN4. The molecule has 0 unspecified atom stereocenters. The largest absolute Gasteiger partial charge is 0.311 e. The highest BCUT2D eigenvalue weighted by Gasteiger charge is 2.45. The lowest BCUT2D eigenvalue weighted by Gasteiger charge is -2.45. The lowest BCUT2D eigenvalue weighted by atomic mass is 9.33. The highest BCUT2D eigenvalue weighted by atomic mass is 15.2. The van der Waals surface area contributed by atoms with Gasteiger partial charge in [-0.1, -0.05) is 178 Å². The molecule has 3 aromatic heterocycles. The summed E-state index contributed by atoms with van der Waals surface area (Å²) in [6.07, 6.45) is 0. The van der Waals surface area contributed by atoms with Gasteiger partial charge >= 0.3 is 0 Å². The Kier molecular flexibility index (Phi) is 8.56. The molecular weight excluding hydrogens is 860 g/mol. The van der Waals surface area contributed by atoms with Crippen LogP contribution in [0.2, 0.25) is 0 Å². The molecule has 0 atom stereocenters. The normalized spacial score (nSPS) is 13.9. The third-order valence-corrected chi connectivity index (χ3v) is 16.1. The van der Waals surface area contributed by atoms with Gasteiger partial charge in [0.25, 0.3) is 6.71 Å². The second-order valence-electron chi connectivity index (χ2n) is 23.5. The number of para-hydroxylation sites is 4. The van der Waals surface area contributed by atoms with E-state index in [1.54, 1.807) is 0 Å². The Morgan fingerprint density at radius 2 is 0.775 bits per heavy atom. The summed E-state index contributed by atoms with van der Waals surface area (Å²) in [5.74, 6) is 0. The van der Waals surface area contributed by atoms with E-state index in [1.165, 1.54) is 116 Å². The molecule has 2 aliphatic rings. The Balaban J connectivity index is 1.16. The first-order valence-electron chi connectivity index (χ1n) is 25.5. The molecule has 71 heavy (non-hydrogen) atoms. The molecule has 5 heteroatoms.